The highest BCUT2D eigenvalue weighted by molar-refractivity contribution is 5.71. The molecule has 5 heteroatoms. The van der Waals surface area contributed by atoms with Crippen molar-refractivity contribution in [3.8, 4) is 12.3 Å². The van der Waals surface area contributed by atoms with Crippen LogP contribution in [-0.2, 0) is 14.3 Å². The Labute approximate surface area is 200 Å². The van der Waals surface area contributed by atoms with Gasteiger partial charge in [-0.25, -0.2) is 4.79 Å². The van der Waals surface area contributed by atoms with Crippen LogP contribution < -0.4 is 0 Å². The quantitative estimate of drug-likeness (QED) is 0.179. The van der Waals surface area contributed by atoms with Crippen molar-refractivity contribution in [2.75, 3.05) is 6.61 Å². The Hall–Kier alpha value is -1.77. The van der Waals surface area contributed by atoms with E-state index in [1.54, 1.807) is 6.08 Å². The minimum atomic E-state index is -0.366. The third-order valence-corrected chi connectivity index (χ3v) is 7.47. The minimum absolute atomic E-state index is 0.113. The van der Waals surface area contributed by atoms with Crippen LogP contribution >= 0.6 is 0 Å². The maximum atomic E-state index is 12.0. The third-order valence-electron chi connectivity index (χ3n) is 7.47. The van der Waals surface area contributed by atoms with Gasteiger partial charge in [-0.3, -0.25) is 0 Å². The summed E-state index contributed by atoms with van der Waals surface area (Å²) in [7, 11) is 0. The average Bonchev–Trinajstić information content (AvgIpc) is 3.09. The average molecular weight is 461 g/mol. The number of hydrogen-bond acceptors (Lipinski definition) is 5. The first-order chi connectivity index (χ1) is 15.8. The summed E-state index contributed by atoms with van der Waals surface area (Å²) in [5.74, 6) is 3.90. The van der Waals surface area contributed by atoms with E-state index in [1.807, 2.05) is 20.8 Å². The first-order valence-electron chi connectivity index (χ1n) is 12.8. The van der Waals surface area contributed by atoms with Crippen LogP contribution in [0.1, 0.15) is 91.9 Å². The molecule has 0 unspecified atom stereocenters. The topological polar surface area (TPSA) is 76.0 Å². The van der Waals surface area contributed by atoms with Crippen molar-refractivity contribution in [2.45, 2.75) is 110 Å². The molecule has 2 saturated carbocycles. The van der Waals surface area contributed by atoms with Gasteiger partial charge in [0.25, 0.3) is 0 Å². The molecule has 0 aliphatic heterocycles. The number of ether oxygens (including phenoxy) is 2. The van der Waals surface area contributed by atoms with Gasteiger partial charge in [0.2, 0.25) is 0 Å². The summed E-state index contributed by atoms with van der Waals surface area (Å²) in [6.07, 6.45) is 15.6. The van der Waals surface area contributed by atoms with E-state index in [0.717, 1.165) is 75.4 Å². The lowest BCUT2D eigenvalue weighted by Crippen LogP contribution is -2.26. The molecule has 0 aromatic rings. The summed E-state index contributed by atoms with van der Waals surface area (Å²) >= 11 is 0. The Bertz CT molecular complexity index is 731. The van der Waals surface area contributed by atoms with E-state index in [4.69, 9.17) is 15.9 Å². The predicted octanol–water partition coefficient (Wildman–Crippen LogP) is 5.31. The molecule has 6 atom stereocenters. The van der Waals surface area contributed by atoms with Crippen LogP contribution in [0.3, 0.4) is 0 Å². The van der Waals surface area contributed by atoms with Crippen LogP contribution in [0.5, 0.6) is 0 Å². The van der Waals surface area contributed by atoms with E-state index >= 15 is 0 Å². The number of carbonyl (C=O) groups is 1. The van der Waals surface area contributed by atoms with Gasteiger partial charge in [0.1, 0.15) is 0 Å². The smallest absolute Gasteiger partial charge is 0.344 e. The number of unbranched alkanes of at least 4 members (excludes halogenated alkanes) is 2. The first kappa shape index (κ1) is 27.5. The van der Waals surface area contributed by atoms with E-state index in [9.17, 15) is 15.0 Å². The van der Waals surface area contributed by atoms with Crippen LogP contribution in [0, 0.1) is 30.1 Å². The summed E-state index contributed by atoms with van der Waals surface area (Å²) in [5.41, 5.74) is 2.12. The molecule has 2 fully saturated rings. The van der Waals surface area contributed by atoms with Gasteiger partial charge in [0, 0.05) is 0 Å². The zero-order chi connectivity index (χ0) is 24.4. The summed E-state index contributed by atoms with van der Waals surface area (Å²) < 4.78 is 11.1. The molecule has 2 N–H and O–H groups in total. The van der Waals surface area contributed by atoms with Gasteiger partial charge in [-0.05, 0) is 93.8 Å². The van der Waals surface area contributed by atoms with Crippen LogP contribution in [0.4, 0.5) is 0 Å². The van der Waals surface area contributed by atoms with Crippen LogP contribution in [0.25, 0.3) is 0 Å². The Kier molecular flexibility index (Phi) is 11.5. The Morgan fingerprint density at radius 1 is 1.27 bits per heavy atom. The minimum Gasteiger partial charge on any atom is -0.486 e. The highest BCUT2D eigenvalue weighted by atomic mass is 16.6. The normalized spacial score (nSPS) is 29.2. The zero-order valence-electron chi connectivity index (χ0n) is 21.0. The molecule has 0 aromatic heterocycles. The number of aliphatic hydroxyl groups is 2. The molecule has 0 spiro atoms. The molecule has 0 amide bonds. The monoisotopic (exact) mass is 460 g/mol. The molecule has 0 heterocycles. The molecule has 2 rings (SSSR count). The second-order valence-corrected chi connectivity index (χ2v) is 9.89. The van der Waals surface area contributed by atoms with Crippen molar-refractivity contribution in [3.05, 3.63) is 23.0 Å². The molecule has 33 heavy (non-hydrogen) atoms. The predicted molar refractivity (Wildman–Crippen MR) is 131 cm³/mol. The Balaban J connectivity index is 2.02. The van der Waals surface area contributed by atoms with Gasteiger partial charge in [-0.1, -0.05) is 39.0 Å². The summed E-state index contributed by atoms with van der Waals surface area (Å²) in [4.78, 5) is 12.0. The number of aliphatic hydroxyl groups excluding tert-OH is 2. The van der Waals surface area contributed by atoms with E-state index in [-0.39, 0.29) is 36.8 Å². The van der Waals surface area contributed by atoms with Gasteiger partial charge in [0.05, 0.1) is 24.1 Å². The number of hydrogen-bond donors (Lipinski definition) is 2. The number of rotatable bonds is 12. The largest absolute Gasteiger partial charge is 0.486 e. The maximum Gasteiger partial charge on any atom is 0.344 e. The SMILES string of the molecule is C#C/C=C1/C[C@H]2[C@@H](C/C1=C(/C)OCC(=O)O[C@@H](C)CC)C[C@@H](O)[C@@H]2CC[C@@H](O)CCCCC. The van der Waals surface area contributed by atoms with Gasteiger partial charge >= 0.3 is 5.97 Å². The number of carbonyl (C=O) groups excluding carboxylic acids is 1. The fraction of sp³-hybridized carbons (Fsp3) is 0.750. The van der Waals surface area contributed by atoms with Crippen LogP contribution in [-0.4, -0.2) is 41.1 Å². The molecule has 5 nitrogen and oxygen atoms in total. The molecular weight excluding hydrogens is 416 g/mol. The molecule has 2 aliphatic rings. The van der Waals surface area contributed by atoms with Gasteiger partial charge < -0.3 is 19.7 Å². The lowest BCUT2D eigenvalue weighted by Gasteiger charge is -2.34. The van der Waals surface area contributed by atoms with Crippen molar-refractivity contribution in [2.24, 2.45) is 17.8 Å². The van der Waals surface area contributed by atoms with Gasteiger partial charge in [-0.15, -0.1) is 6.42 Å². The second-order valence-electron chi connectivity index (χ2n) is 9.89. The number of allylic oxidation sites excluding steroid dienone is 4. The highest BCUT2D eigenvalue weighted by Crippen LogP contribution is 2.51. The maximum absolute atomic E-state index is 12.0. The molecule has 0 radical (unpaired) electrons. The fourth-order valence-corrected chi connectivity index (χ4v) is 5.40. The second kappa shape index (κ2) is 13.8. The van der Waals surface area contributed by atoms with Crippen molar-refractivity contribution in [1.82, 2.24) is 0 Å². The number of terminal acetylenes is 1. The van der Waals surface area contributed by atoms with Crippen molar-refractivity contribution >= 4 is 5.97 Å². The zero-order valence-corrected chi connectivity index (χ0v) is 21.0. The van der Waals surface area contributed by atoms with Crippen molar-refractivity contribution in [3.63, 3.8) is 0 Å². The molecule has 0 aromatic carbocycles. The molecular formula is C28H44O5. The van der Waals surface area contributed by atoms with E-state index in [1.165, 1.54) is 0 Å². The lowest BCUT2D eigenvalue weighted by atomic mass is 9.72. The van der Waals surface area contributed by atoms with Gasteiger partial charge in [0.15, 0.2) is 6.61 Å². The summed E-state index contributed by atoms with van der Waals surface area (Å²) in [6.45, 7) is 7.77. The van der Waals surface area contributed by atoms with Crippen molar-refractivity contribution in [1.29, 1.82) is 0 Å². The summed E-state index contributed by atoms with van der Waals surface area (Å²) in [6, 6.07) is 0. The molecule has 0 bridgehead atoms. The third kappa shape index (κ3) is 8.19. The standard InChI is InChI=1S/C28H44O5/c1-6-9-10-12-23(29)13-14-24-26-15-21(11-7-2)25(16-22(26)17-27(24)30)20(5)32-18-28(31)33-19(4)8-3/h2,11,19,22-24,26-27,29-30H,6,8-10,12-18H2,1,3-5H3/b21-11-,25-20+/t19-,22-,23-,24+,26-,27+/m0/s1. The summed E-state index contributed by atoms with van der Waals surface area (Å²) in [5, 5.41) is 21.2. The van der Waals surface area contributed by atoms with Gasteiger partial charge in [-0.2, -0.15) is 0 Å². The fourth-order valence-electron chi connectivity index (χ4n) is 5.40. The van der Waals surface area contributed by atoms with E-state index in [2.05, 4.69) is 12.8 Å². The number of esters is 1. The molecule has 0 saturated heterocycles. The lowest BCUT2D eigenvalue weighted by molar-refractivity contribution is -0.152. The number of fused-ring (bicyclic) bond motifs is 1. The molecule has 2 aliphatic carbocycles. The van der Waals surface area contributed by atoms with E-state index < -0.39 is 0 Å². The Morgan fingerprint density at radius 3 is 2.70 bits per heavy atom. The van der Waals surface area contributed by atoms with E-state index in [0.29, 0.717) is 17.6 Å². The Morgan fingerprint density at radius 2 is 2.03 bits per heavy atom. The first-order valence-corrected chi connectivity index (χ1v) is 12.8. The molecule has 186 valence electrons. The van der Waals surface area contributed by atoms with Crippen LogP contribution in [0.2, 0.25) is 0 Å². The van der Waals surface area contributed by atoms with Crippen LogP contribution in [0.15, 0.2) is 23.0 Å². The highest BCUT2D eigenvalue weighted by Gasteiger charge is 2.45. The van der Waals surface area contributed by atoms with Crippen molar-refractivity contribution < 1.29 is 24.5 Å².